The fraction of sp³-hybridized carbons (Fsp3) is 0.476. The van der Waals surface area contributed by atoms with Crippen LogP contribution in [0.3, 0.4) is 0 Å². The highest BCUT2D eigenvalue weighted by atomic mass is 32.2. The van der Waals surface area contributed by atoms with Crippen molar-refractivity contribution in [3.8, 4) is 5.75 Å². The Morgan fingerprint density at radius 1 is 1.31 bits per heavy atom. The molecule has 1 N–H and O–H groups in total. The highest BCUT2D eigenvalue weighted by Gasteiger charge is 2.33. The Morgan fingerprint density at radius 2 is 2.19 bits per heavy atom. The summed E-state index contributed by atoms with van der Waals surface area (Å²) in [5.74, 6) is 5.85. The molecule has 0 spiro atoms. The molecule has 2 heterocycles. The molecule has 4 nitrogen and oxygen atoms in total. The summed E-state index contributed by atoms with van der Waals surface area (Å²) in [6.45, 7) is 6.11. The van der Waals surface area contributed by atoms with Gasteiger partial charge in [0.05, 0.1) is 11.7 Å². The van der Waals surface area contributed by atoms with Gasteiger partial charge in [0.15, 0.2) is 0 Å². The molecule has 1 fully saturated rings. The Kier molecular flexibility index (Phi) is 5.09. The second kappa shape index (κ2) is 7.49. The van der Waals surface area contributed by atoms with Crippen LogP contribution in [0.15, 0.2) is 42.5 Å². The predicted octanol–water partition coefficient (Wildman–Crippen LogP) is 3.43. The average Bonchev–Trinajstić information content (AvgIpc) is 2.67. The smallest absolute Gasteiger partial charge is 0.145 e. The summed E-state index contributed by atoms with van der Waals surface area (Å²) >= 11 is 0. The first-order valence-corrected chi connectivity index (χ1v) is 11.2. The summed E-state index contributed by atoms with van der Waals surface area (Å²) in [7, 11) is -0.0917. The molecule has 2 aliphatic heterocycles. The number of nitrogens with one attached hydrogen (secondary N) is 1. The number of hydrogen-bond donors (Lipinski definition) is 1. The van der Waals surface area contributed by atoms with E-state index in [1.807, 2.05) is 0 Å². The Morgan fingerprint density at radius 3 is 2.92 bits per heavy atom. The Hall–Kier alpha value is -1.72. The van der Waals surface area contributed by atoms with Gasteiger partial charge < -0.3 is 19.3 Å². The van der Waals surface area contributed by atoms with Gasteiger partial charge in [-0.1, -0.05) is 30.2 Å². The van der Waals surface area contributed by atoms with E-state index in [0.29, 0.717) is 18.0 Å². The van der Waals surface area contributed by atoms with Crippen LogP contribution in [0.5, 0.6) is 5.75 Å². The van der Waals surface area contributed by atoms with Crippen LogP contribution in [0.25, 0.3) is 0 Å². The van der Waals surface area contributed by atoms with Crippen molar-refractivity contribution in [3.05, 3.63) is 42.5 Å². The van der Waals surface area contributed by atoms with E-state index in [1.165, 1.54) is 11.4 Å². The third-order valence-electron chi connectivity index (χ3n) is 5.57. The van der Waals surface area contributed by atoms with Gasteiger partial charge in [0.1, 0.15) is 12.4 Å². The molecule has 5 heteroatoms. The molecular formula is C21H29N3OS. The van der Waals surface area contributed by atoms with Gasteiger partial charge in [0.25, 0.3) is 0 Å². The van der Waals surface area contributed by atoms with Crippen molar-refractivity contribution in [3.63, 3.8) is 0 Å². The molecule has 3 aliphatic rings. The van der Waals surface area contributed by atoms with Gasteiger partial charge in [-0.05, 0) is 31.7 Å². The lowest BCUT2D eigenvalue weighted by molar-refractivity contribution is 0.250. The summed E-state index contributed by atoms with van der Waals surface area (Å²) < 4.78 is 8.76. The Labute approximate surface area is 159 Å². The molecule has 1 aromatic carbocycles. The largest absolute Gasteiger partial charge is 0.489 e. The predicted molar refractivity (Wildman–Crippen MR) is 115 cm³/mol. The first kappa shape index (κ1) is 17.7. The number of nitrogens with zero attached hydrogens (tertiary/aromatic N) is 2. The van der Waals surface area contributed by atoms with E-state index in [-0.39, 0.29) is 10.7 Å². The molecule has 1 saturated heterocycles. The SMILES string of the molecule is C=S(C)N1c2ccc(N3CCNCC3C)cc2OCC1C1C=CC=CC1. The van der Waals surface area contributed by atoms with Crippen LogP contribution in [-0.4, -0.2) is 50.5 Å². The first-order chi connectivity index (χ1) is 12.6. The maximum absolute atomic E-state index is 6.27. The van der Waals surface area contributed by atoms with Crippen molar-refractivity contribution >= 4 is 27.9 Å². The number of ether oxygens (including phenoxy) is 1. The molecule has 0 aromatic heterocycles. The number of allylic oxidation sites excluding steroid dienone is 3. The molecule has 1 aliphatic carbocycles. The second-order valence-electron chi connectivity index (χ2n) is 7.42. The van der Waals surface area contributed by atoms with E-state index in [9.17, 15) is 0 Å². The van der Waals surface area contributed by atoms with Gasteiger partial charge in [-0.25, -0.2) is 0 Å². The maximum atomic E-state index is 6.27. The van der Waals surface area contributed by atoms with Crippen molar-refractivity contribution in [2.24, 2.45) is 5.92 Å². The molecule has 26 heavy (non-hydrogen) atoms. The fourth-order valence-corrected chi connectivity index (χ4v) is 5.37. The number of piperazine rings is 1. The lowest BCUT2D eigenvalue weighted by atomic mass is 9.92. The number of hydrogen-bond acceptors (Lipinski definition) is 4. The normalized spacial score (nSPS) is 29.2. The molecule has 4 rings (SSSR count). The number of benzene rings is 1. The van der Waals surface area contributed by atoms with Crippen molar-refractivity contribution < 1.29 is 4.74 Å². The van der Waals surface area contributed by atoms with Crippen LogP contribution in [0, 0.1) is 5.92 Å². The summed E-state index contributed by atoms with van der Waals surface area (Å²) in [5.41, 5.74) is 2.45. The molecule has 140 valence electrons. The minimum atomic E-state index is -0.0917. The summed E-state index contributed by atoms with van der Waals surface area (Å²) in [6.07, 6.45) is 12.1. The molecule has 0 radical (unpaired) electrons. The number of fused-ring (bicyclic) bond motifs is 1. The van der Waals surface area contributed by atoms with E-state index < -0.39 is 0 Å². The van der Waals surface area contributed by atoms with Crippen LogP contribution in [0.2, 0.25) is 0 Å². The van der Waals surface area contributed by atoms with Crippen LogP contribution < -0.4 is 19.3 Å². The molecule has 1 aromatic rings. The average molecular weight is 372 g/mol. The monoisotopic (exact) mass is 371 g/mol. The molecule has 0 bridgehead atoms. The Bertz CT molecular complexity index is 745. The van der Waals surface area contributed by atoms with E-state index in [1.54, 1.807) is 0 Å². The van der Waals surface area contributed by atoms with E-state index in [2.05, 4.69) is 76.1 Å². The van der Waals surface area contributed by atoms with E-state index in [4.69, 9.17) is 4.74 Å². The lowest BCUT2D eigenvalue weighted by Gasteiger charge is -2.43. The first-order valence-electron chi connectivity index (χ1n) is 9.47. The summed E-state index contributed by atoms with van der Waals surface area (Å²) in [4.78, 5) is 2.47. The lowest BCUT2D eigenvalue weighted by Crippen LogP contribution is -2.50. The quantitative estimate of drug-likeness (QED) is 0.824. The molecule has 4 atom stereocenters. The molecule has 0 amide bonds. The number of rotatable bonds is 3. The van der Waals surface area contributed by atoms with Gasteiger partial charge in [0, 0.05) is 43.3 Å². The molecule has 4 unspecified atom stereocenters. The van der Waals surface area contributed by atoms with E-state index in [0.717, 1.165) is 38.4 Å². The van der Waals surface area contributed by atoms with Gasteiger partial charge in [-0.2, -0.15) is 0 Å². The zero-order chi connectivity index (χ0) is 18.1. The minimum absolute atomic E-state index is 0.0917. The molecule has 0 saturated carbocycles. The van der Waals surface area contributed by atoms with Crippen molar-refractivity contribution in [2.75, 3.05) is 41.7 Å². The number of anilines is 2. The van der Waals surface area contributed by atoms with Gasteiger partial charge in [-0.3, -0.25) is 0 Å². The van der Waals surface area contributed by atoms with Crippen LogP contribution in [-0.2, 0) is 0 Å². The highest BCUT2D eigenvalue weighted by molar-refractivity contribution is 8.14. The molecular weight excluding hydrogens is 342 g/mol. The van der Waals surface area contributed by atoms with Crippen molar-refractivity contribution in [1.82, 2.24) is 5.32 Å². The zero-order valence-corrected chi connectivity index (χ0v) is 16.5. The highest BCUT2D eigenvalue weighted by Crippen LogP contribution is 2.44. The van der Waals surface area contributed by atoms with Crippen molar-refractivity contribution in [2.45, 2.75) is 25.4 Å². The fourth-order valence-electron chi connectivity index (χ4n) is 4.21. The Balaban J connectivity index is 1.64. The van der Waals surface area contributed by atoms with Crippen LogP contribution in [0.1, 0.15) is 13.3 Å². The van der Waals surface area contributed by atoms with Gasteiger partial charge >= 0.3 is 0 Å². The van der Waals surface area contributed by atoms with Gasteiger partial charge in [0.2, 0.25) is 0 Å². The van der Waals surface area contributed by atoms with E-state index >= 15 is 0 Å². The zero-order valence-electron chi connectivity index (χ0n) is 15.7. The standard InChI is InChI=1S/C21H29N3OS/c1-16-14-22-11-12-23(16)18-9-10-19-21(13-18)25-15-20(24(19)26(2)3)17-7-5-4-6-8-17/h4-7,9-10,13,16-17,20,22H,2,8,11-12,14-15H2,1,3H3. The summed E-state index contributed by atoms with van der Waals surface area (Å²) in [5, 5.41) is 3.46. The summed E-state index contributed by atoms with van der Waals surface area (Å²) in [6, 6.07) is 7.57. The van der Waals surface area contributed by atoms with Crippen LogP contribution in [0.4, 0.5) is 11.4 Å². The maximum Gasteiger partial charge on any atom is 0.145 e. The topological polar surface area (TPSA) is 27.7 Å². The third kappa shape index (κ3) is 3.30. The third-order valence-corrected chi connectivity index (χ3v) is 6.71. The minimum Gasteiger partial charge on any atom is -0.489 e. The van der Waals surface area contributed by atoms with Gasteiger partial charge in [-0.15, -0.1) is 10.7 Å². The van der Waals surface area contributed by atoms with Crippen molar-refractivity contribution in [1.29, 1.82) is 0 Å². The van der Waals surface area contributed by atoms with Crippen LogP contribution >= 0.6 is 10.7 Å². The second-order valence-corrected chi connectivity index (χ2v) is 9.01.